The number of ether oxygens (including phenoxy) is 1. The first-order valence-electron chi connectivity index (χ1n) is 12.8. The molecule has 0 radical (unpaired) electrons. The average molecular weight is 520 g/mol. The van der Waals surface area contributed by atoms with Crippen molar-refractivity contribution in [2.24, 2.45) is 7.05 Å². The summed E-state index contributed by atoms with van der Waals surface area (Å²) in [5, 5.41) is 10.2. The van der Waals surface area contributed by atoms with E-state index in [0.717, 1.165) is 54.3 Å². The molecule has 1 aliphatic rings. The maximum atomic E-state index is 12.8. The van der Waals surface area contributed by atoms with Gasteiger partial charge in [-0.15, -0.1) is 11.3 Å². The van der Waals surface area contributed by atoms with Crippen LogP contribution in [-0.2, 0) is 18.2 Å². The van der Waals surface area contributed by atoms with Crippen LogP contribution in [0.2, 0.25) is 0 Å². The molecule has 3 aromatic heterocycles. The van der Waals surface area contributed by atoms with Gasteiger partial charge in [-0.25, -0.2) is 19.2 Å². The van der Waals surface area contributed by atoms with Gasteiger partial charge < -0.3 is 9.64 Å². The first kappa shape index (κ1) is 25.4. The number of methoxy groups -OCH3 is 1. The van der Waals surface area contributed by atoms with Crippen molar-refractivity contribution in [2.45, 2.75) is 45.2 Å². The molecule has 0 aliphatic carbocycles. The predicted octanol–water partition coefficient (Wildman–Crippen LogP) is 3.70. The van der Waals surface area contributed by atoms with Gasteiger partial charge in [0.1, 0.15) is 0 Å². The number of hydrogen-bond donors (Lipinski definition) is 0. The minimum absolute atomic E-state index is 0.0909. The number of nitrogens with zero attached hydrogens (tertiary/aromatic N) is 7. The van der Waals surface area contributed by atoms with E-state index < -0.39 is 0 Å². The van der Waals surface area contributed by atoms with E-state index in [4.69, 9.17) is 15.0 Å². The predicted molar refractivity (Wildman–Crippen MR) is 146 cm³/mol. The third-order valence-electron chi connectivity index (χ3n) is 7.36. The molecule has 0 bridgehead atoms. The van der Waals surface area contributed by atoms with Crippen LogP contribution in [0, 0.1) is 18.3 Å². The molecule has 37 heavy (non-hydrogen) atoms. The number of piperazine rings is 1. The Labute approximate surface area is 220 Å². The number of aromatic nitrogens is 4. The smallest absolute Gasteiger partial charge is 0.267 e. The highest BCUT2D eigenvalue weighted by molar-refractivity contribution is 7.18. The van der Waals surface area contributed by atoms with Crippen LogP contribution >= 0.6 is 11.3 Å². The highest BCUT2D eigenvalue weighted by atomic mass is 32.1. The molecule has 0 amide bonds. The topological polar surface area (TPSA) is 91.7 Å². The van der Waals surface area contributed by atoms with Crippen LogP contribution in [0.4, 0.5) is 5.69 Å². The third-order valence-corrected chi connectivity index (χ3v) is 8.30. The van der Waals surface area contributed by atoms with Crippen LogP contribution in [-0.4, -0.2) is 63.5 Å². The number of benzene rings is 1. The molecule has 1 saturated heterocycles. The minimum atomic E-state index is -0.0909. The van der Waals surface area contributed by atoms with Gasteiger partial charge in [0.15, 0.2) is 5.65 Å². The Balaban J connectivity index is 1.47. The summed E-state index contributed by atoms with van der Waals surface area (Å²) in [7, 11) is 3.49. The fraction of sp³-hybridized carbons (Fsp3) is 0.481. The summed E-state index contributed by atoms with van der Waals surface area (Å²) in [5.41, 5.74) is 4.49. The Morgan fingerprint density at radius 1 is 1.27 bits per heavy atom. The van der Waals surface area contributed by atoms with E-state index >= 15 is 0 Å². The number of anilines is 1. The van der Waals surface area contributed by atoms with Crippen molar-refractivity contribution < 1.29 is 4.74 Å². The molecule has 9 nitrogen and oxygen atoms in total. The second kappa shape index (κ2) is 10.6. The van der Waals surface area contributed by atoms with E-state index in [1.54, 1.807) is 47.0 Å². The lowest BCUT2D eigenvalue weighted by Gasteiger charge is -2.45. The maximum Gasteiger partial charge on any atom is 0.267 e. The zero-order valence-corrected chi connectivity index (χ0v) is 22.7. The lowest BCUT2D eigenvalue weighted by atomic mass is 9.98. The summed E-state index contributed by atoms with van der Waals surface area (Å²) in [6.45, 7) is 7.45. The lowest BCUT2D eigenvalue weighted by molar-refractivity contribution is 0.113. The maximum absolute atomic E-state index is 12.8. The van der Waals surface area contributed by atoms with Crippen molar-refractivity contribution in [1.82, 2.24) is 24.1 Å². The van der Waals surface area contributed by atoms with Gasteiger partial charge in [0.2, 0.25) is 0 Å². The van der Waals surface area contributed by atoms with Gasteiger partial charge in [-0.1, -0.05) is 13.0 Å². The normalized spacial score (nSPS) is 17.5. The Kier molecular flexibility index (Phi) is 7.29. The van der Waals surface area contributed by atoms with Crippen LogP contribution in [0.5, 0.6) is 0 Å². The largest absolute Gasteiger partial charge is 0.385 e. The first-order valence-corrected chi connectivity index (χ1v) is 13.6. The highest BCUT2D eigenvalue weighted by Gasteiger charge is 2.32. The molecular formula is C27H33N7O2S. The molecule has 0 spiro atoms. The summed E-state index contributed by atoms with van der Waals surface area (Å²) in [6, 6.07) is 11.0. The Morgan fingerprint density at radius 3 is 2.86 bits per heavy atom. The van der Waals surface area contributed by atoms with Crippen LogP contribution in [0.25, 0.3) is 15.9 Å². The number of hydrogen-bond acceptors (Lipinski definition) is 8. The molecule has 4 heterocycles. The van der Waals surface area contributed by atoms with E-state index in [-0.39, 0.29) is 24.1 Å². The van der Waals surface area contributed by atoms with E-state index in [9.17, 15) is 4.79 Å². The molecule has 194 valence electrons. The average Bonchev–Trinajstić information content (AvgIpc) is 3.49. The standard InChI is InChI=1S/C27H33N7O2S/c1-5-21-17-32(23(9-13-36-4)19-6-7-22-25(14-19)37-18(2)29-22)11-12-33(21)24-15-26(35)31(3)34-16-20(8-10-28)30-27(24)34/h6-7,14-16,21,23H,5,8-9,11-13,17H2,1-4H3. The summed E-state index contributed by atoms with van der Waals surface area (Å²) in [6.07, 6.45) is 3.85. The summed E-state index contributed by atoms with van der Waals surface area (Å²) < 4.78 is 10.0. The summed E-state index contributed by atoms with van der Waals surface area (Å²) in [4.78, 5) is 27.1. The van der Waals surface area contributed by atoms with Gasteiger partial charge in [0.25, 0.3) is 5.56 Å². The van der Waals surface area contributed by atoms with Crippen molar-refractivity contribution in [2.75, 3.05) is 38.3 Å². The van der Waals surface area contributed by atoms with Crippen molar-refractivity contribution in [3.8, 4) is 6.07 Å². The van der Waals surface area contributed by atoms with Gasteiger partial charge in [0.05, 0.1) is 45.3 Å². The molecule has 2 atom stereocenters. The molecule has 1 fully saturated rings. The number of thiazole rings is 1. The quantitative estimate of drug-likeness (QED) is 0.351. The third kappa shape index (κ3) is 4.87. The number of aryl methyl sites for hydroxylation is 2. The summed E-state index contributed by atoms with van der Waals surface area (Å²) >= 11 is 1.74. The van der Waals surface area contributed by atoms with Gasteiger partial charge in [-0.05, 0) is 37.5 Å². The van der Waals surface area contributed by atoms with Crippen LogP contribution in [0.1, 0.15) is 42.1 Å². The minimum Gasteiger partial charge on any atom is -0.385 e. The van der Waals surface area contributed by atoms with Crippen LogP contribution in [0.15, 0.2) is 35.3 Å². The van der Waals surface area contributed by atoms with Crippen molar-refractivity contribution in [1.29, 1.82) is 5.26 Å². The van der Waals surface area contributed by atoms with Crippen LogP contribution < -0.4 is 10.5 Å². The van der Waals surface area contributed by atoms with Gasteiger partial charge in [0, 0.05) is 58.5 Å². The van der Waals surface area contributed by atoms with Crippen molar-refractivity contribution in [3.63, 3.8) is 0 Å². The SMILES string of the molecule is CCC1CN(C(CCOC)c2ccc3nc(C)sc3c2)CCN1c1cc(=O)n(C)n2cc(CC#N)nc12. The van der Waals surface area contributed by atoms with Crippen molar-refractivity contribution >= 4 is 32.9 Å². The molecule has 4 aromatic rings. The zero-order valence-electron chi connectivity index (χ0n) is 21.8. The number of fused-ring (bicyclic) bond motifs is 2. The second-order valence-corrected chi connectivity index (χ2v) is 10.9. The van der Waals surface area contributed by atoms with Gasteiger partial charge >= 0.3 is 0 Å². The van der Waals surface area contributed by atoms with E-state index in [0.29, 0.717) is 12.3 Å². The highest BCUT2D eigenvalue weighted by Crippen LogP contribution is 2.33. The molecule has 0 N–H and O–H groups in total. The van der Waals surface area contributed by atoms with E-state index in [1.165, 1.54) is 10.3 Å². The second-order valence-electron chi connectivity index (χ2n) is 9.63. The molecule has 1 aliphatic heterocycles. The van der Waals surface area contributed by atoms with Gasteiger partial charge in [-0.2, -0.15) is 5.26 Å². The number of imidazole rings is 1. The molecular weight excluding hydrogens is 486 g/mol. The molecule has 5 rings (SSSR count). The number of rotatable bonds is 8. The fourth-order valence-corrected chi connectivity index (χ4v) is 6.34. The Bertz CT molecular complexity index is 1510. The number of nitriles is 1. The Morgan fingerprint density at radius 2 is 2.11 bits per heavy atom. The monoisotopic (exact) mass is 519 g/mol. The molecule has 2 unspecified atom stereocenters. The first-order chi connectivity index (χ1) is 17.9. The molecule has 10 heteroatoms. The lowest BCUT2D eigenvalue weighted by Crippen LogP contribution is -2.54. The Hall–Kier alpha value is -3.26. The van der Waals surface area contributed by atoms with E-state index in [1.807, 2.05) is 0 Å². The fourth-order valence-electron chi connectivity index (χ4n) is 5.46. The zero-order chi connectivity index (χ0) is 26.1. The molecule has 0 saturated carbocycles. The summed E-state index contributed by atoms with van der Waals surface area (Å²) in [5.74, 6) is 0. The van der Waals surface area contributed by atoms with Crippen LogP contribution in [0.3, 0.4) is 0 Å². The molecule has 1 aromatic carbocycles. The van der Waals surface area contributed by atoms with E-state index in [2.05, 4.69) is 52.9 Å². The van der Waals surface area contributed by atoms with Gasteiger partial charge in [-0.3, -0.25) is 9.69 Å². The van der Waals surface area contributed by atoms with Crippen molar-refractivity contribution in [3.05, 3.63) is 57.1 Å².